The van der Waals surface area contributed by atoms with E-state index in [4.69, 9.17) is 23.2 Å². The fourth-order valence-corrected chi connectivity index (χ4v) is 6.07. The van der Waals surface area contributed by atoms with Crippen LogP contribution in [0.25, 0.3) is 11.1 Å². The van der Waals surface area contributed by atoms with Crippen molar-refractivity contribution in [3.05, 3.63) is 52.5 Å². The first-order valence-electron chi connectivity index (χ1n) is 8.82. The number of hydrogen-bond acceptors (Lipinski definition) is 5. The minimum Gasteiger partial charge on any atom is -0.273 e. The fourth-order valence-electron chi connectivity index (χ4n) is 3.50. The number of sulfonamides is 1. The Labute approximate surface area is 182 Å². The highest BCUT2D eigenvalue weighted by Gasteiger charge is 2.42. The average molecular weight is 471 g/mol. The van der Waals surface area contributed by atoms with Gasteiger partial charge in [0.1, 0.15) is 0 Å². The molecule has 1 unspecified atom stereocenters. The van der Waals surface area contributed by atoms with Crippen LogP contribution in [0.3, 0.4) is 0 Å². The zero-order valence-electron chi connectivity index (χ0n) is 15.0. The summed E-state index contributed by atoms with van der Waals surface area (Å²) in [5, 5.41) is 0.574. The van der Waals surface area contributed by atoms with Crippen molar-refractivity contribution >= 4 is 56.1 Å². The minimum atomic E-state index is -3.72. The Morgan fingerprint density at radius 1 is 0.966 bits per heavy atom. The molecule has 0 N–H and O–H groups in total. The number of rotatable bonds is 4. The molecule has 0 radical (unpaired) electrons. The van der Waals surface area contributed by atoms with Gasteiger partial charge in [0.2, 0.25) is 15.9 Å². The second kappa shape index (κ2) is 7.92. The van der Waals surface area contributed by atoms with Gasteiger partial charge in [0.15, 0.2) is 0 Å². The largest absolute Gasteiger partial charge is 0.289 e. The Balaban J connectivity index is 1.52. The van der Waals surface area contributed by atoms with Gasteiger partial charge < -0.3 is 0 Å². The molecular formula is C19H16Cl2N2O4S2. The Hall–Kier alpha value is -1.58. The van der Waals surface area contributed by atoms with E-state index in [1.807, 2.05) is 6.07 Å². The van der Waals surface area contributed by atoms with Gasteiger partial charge in [-0.3, -0.25) is 14.5 Å². The third kappa shape index (κ3) is 3.92. The van der Waals surface area contributed by atoms with Gasteiger partial charge in [-0.15, -0.1) is 0 Å². The second-order valence-corrected chi connectivity index (χ2v) is 10.5. The Kier molecular flexibility index (Phi) is 5.65. The molecule has 29 heavy (non-hydrogen) atoms. The summed E-state index contributed by atoms with van der Waals surface area (Å²) in [4.78, 5) is 25.2. The Morgan fingerprint density at radius 3 is 2.28 bits per heavy atom. The highest BCUT2D eigenvalue weighted by molar-refractivity contribution is 8.14. The number of thioether (sulfide) groups is 1. The topological polar surface area (TPSA) is 74.8 Å². The highest BCUT2D eigenvalue weighted by atomic mass is 35.5. The standard InChI is InChI=1S/C19H16Cl2N2O4S2/c20-16-6-3-13(9-17(16)21)12-1-4-15(5-2-12)29(26,27)22-8-7-14(10-22)23-18(24)11-28-19(23)25/h1-6,9,14H,7-8,10-11H2. The molecule has 6 nitrogen and oxygen atoms in total. The second-order valence-electron chi connectivity index (χ2n) is 6.78. The molecule has 2 aliphatic heterocycles. The summed E-state index contributed by atoms with van der Waals surface area (Å²) in [6, 6.07) is 11.3. The number of halogens is 2. The highest BCUT2D eigenvalue weighted by Crippen LogP contribution is 2.31. The van der Waals surface area contributed by atoms with Gasteiger partial charge in [-0.25, -0.2) is 8.42 Å². The van der Waals surface area contributed by atoms with E-state index in [-0.39, 0.29) is 34.9 Å². The van der Waals surface area contributed by atoms with Gasteiger partial charge >= 0.3 is 0 Å². The van der Waals surface area contributed by atoms with Crippen molar-refractivity contribution < 1.29 is 18.0 Å². The molecular weight excluding hydrogens is 455 g/mol. The van der Waals surface area contributed by atoms with Crippen LogP contribution in [0.2, 0.25) is 10.0 Å². The van der Waals surface area contributed by atoms with Crippen molar-refractivity contribution in [1.82, 2.24) is 9.21 Å². The lowest BCUT2D eigenvalue weighted by Gasteiger charge is -2.21. The maximum atomic E-state index is 13.0. The zero-order valence-corrected chi connectivity index (χ0v) is 18.2. The van der Waals surface area contributed by atoms with Crippen molar-refractivity contribution in [3.63, 3.8) is 0 Å². The molecule has 0 spiro atoms. The van der Waals surface area contributed by atoms with Crippen molar-refractivity contribution in [2.45, 2.75) is 17.4 Å². The molecule has 10 heteroatoms. The molecule has 2 heterocycles. The van der Waals surface area contributed by atoms with Crippen LogP contribution in [-0.2, 0) is 14.8 Å². The minimum absolute atomic E-state index is 0.120. The lowest BCUT2D eigenvalue weighted by atomic mass is 10.1. The monoisotopic (exact) mass is 470 g/mol. The maximum Gasteiger partial charge on any atom is 0.289 e. The molecule has 0 aliphatic carbocycles. The van der Waals surface area contributed by atoms with Crippen LogP contribution in [0, 0.1) is 0 Å². The van der Waals surface area contributed by atoms with E-state index in [0.29, 0.717) is 16.5 Å². The van der Waals surface area contributed by atoms with E-state index < -0.39 is 16.1 Å². The Bertz CT molecular complexity index is 1070. The average Bonchev–Trinajstić information content (AvgIpc) is 3.31. The lowest BCUT2D eigenvalue weighted by Crippen LogP contribution is -2.41. The molecule has 2 fully saturated rings. The summed E-state index contributed by atoms with van der Waals surface area (Å²) in [7, 11) is -3.72. The number of carbonyl (C=O) groups excluding carboxylic acids is 2. The lowest BCUT2D eigenvalue weighted by molar-refractivity contribution is -0.126. The van der Waals surface area contributed by atoms with E-state index in [9.17, 15) is 18.0 Å². The summed E-state index contributed by atoms with van der Waals surface area (Å²) < 4.78 is 27.3. The molecule has 0 saturated carbocycles. The van der Waals surface area contributed by atoms with Crippen LogP contribution in [0.4, 0.5) is 4.79 Å². The summed E-state index contributed by atoms with van der Waals surface area (Å²) in [6.45, 7) is 0.387. The summed E-state index contributed by atoms with van der Waals surface area (Å²) in [5.41, 5.74) is 1.64. The molecule has 2 aromatic carbocycles. The van der Waals surface area contributed by atoms with Crippen molar-refractivity contribution in [3.8, 4) is 11.1 Å². The SMILES string of the molecule is O=C1CSC(=O)N1C1CCN(S(=O)(=O)c2ccc(-c3ccc(Cl)c(Cl)c3)cc2)C1. The zero-order chi connectivity index (χ0) is 20.8. The predicted molar refractivity (Wildman–Crippen MR) is 114 cm³/mol. The first kappa shape index (κ1) is 20.7. The van der Waals surface area contributed by atoms with Crippen LogP contribution in [0.5, 0.6) is 0 Å². The summed E-state index contributed by atoms with van der Waals surface area (Å²) in [5.74, 6) is -0.131. The van der Waals surface area contributed by atoms with E-state index in [1.54, 1.807) is 36.4 Å². The molecule has 2 aliphatic rings. The van der Waals surface area contributed by atoms with E-state index in [0.717, 1.165) is 22.9 Å². The van der Waals surface area contributed by atoms with Crippen molar-refractivity contribution in [2.75, 3.05) is 18.8 Å². The van der Waals surface area contributed by atoms with Crippen LogP contribution in [-0.4, -0.2) is 53.7 Å². The normalized spacial score (nSPS) is 20.6. The molecule has 0 aromatic heterocycles. The van der Waals surface area contributed by atoms with Crippen molar-refractivity contribution in [1.29, 1.82) is 0 Å². The molecule has 2 amide bonds. The number of benzene rings is 2. The van der Waals surface area contributed by atoms with Gasteiger partial charge in [0.25, 0.3) is 5.24 Å². The van der Waals surface area contributed by atoms with Crippen LogP contribution in [0.1, 0.15) is 6.42 Å². The van der Waals surface area contributed by atoms with Crippen molar-refractivity contribution in [2.24, 2.45) is 0 Å². The number of hydrogen-bond donors (Lipinski definition) is 0. The third-order valence-electron chi connectivity index (χ3n) is 5.02. The van der Waals surface area contributed by atoms with Crippen LogP contribution < -0.4 is 0 Å². The quantitative estimate of drug-likeness (QED) is 0.671. The van der Waals surface area contributed by atoms with Gasteiger partial charge in [0.05, 0.1) is 26.7 Å². The molecule has 152 valence electrons. The molecule has 0 bridgehead atoms. The van der Waals surface area contributed by atoms with Gasteiger partial charge in [-0.1, -0.05) is 53.2 Å². The van der Waals surface area contributed by atoms with E-state index in [2.05, 4.69) is 0 Å². The number of imide groups is 1. The van der Waals surface area contributed by atoms with Gasteiger partial charge in [-0.05, 0) is 41.8 Å². The van der Waals surface area contributed by atoms with E-state index >= 15 is 0 Å². The fraction of sp³-hybridized carbons (Fsp3) is 0.263. The van der Waals surface area contributed by atoms with Gasteiger partial charge in [0, 0.05) is 13.1 Å². The number of amides is 2. The number of nitrogens with zero attached hydrogens (tertiary/aromatic N) is 2. The Morgan fingerprint density at radius 2 is 1.66 bits per heavy atom. The molecule has 2 saturated heterocycles. The first-order chi connectivity index (χ1) is 13.8. The molecule has 4 rings (SSSR count). The maximum absolute atomic E-state index is 13.0. The summed E-state index contributed by atoms with van der Waals surface area (Å²) in [6.07, 6.45) is 0.443. The predicted octanol–water partition coefficient (Wildman–Crippen LogP) is 4.12. The van der Waals surface area contributed by atoms with Gasteiger partial charge in [-0.2, -0.15) is 4.31 Å². The van der Waals surface area contributed by atoms with Crippen LogP contribution in [0.15, 0.2) is 47.4 Å². The first-order valence-corrected chi connectivity index (χ1v) is 12.0. The summed E-state index contributed by atoms with van der Waals surface area (Å²) >= 11 is 13.0. The molecule has 1 atom stereocenters. The van der Waals surface area contributed by atoms with E-state index in [1.165, 1.54) is 9.21 Å². The molecule has 2 aromatic rings. The number of carbonyl (C=O) groups is 2. The smallest absolute Gasteiger partial charge is 0.273 e. The third-order valence-corrected chi connectivity index (χ3v) is 8.47. The van der Waals surface area contributed by atoms with Crippen LogP contribution >= 0.6 is 35.0 Å².